The Bertz CT molecular complexity index is 944. The van der Waals surface area contributed by atoms with Gasteiger partial charge in [-0.2, -0.15) is 0 Å². The maximum atomic E-state index is 2.48. The Morgan fingerprint density at radius 1 is 0.667 bits per heavy atom. The van der Waals surface area contributed by atoms with Crippen molar-refractivity contribution in [2.75, 3.05) is 0 Å². The molecule has 0 saturated heterocycles. The molecule has 0 aromatic rings. The lowest BCUT2D eigenvalue weighted by Gasteiger charge is -2.21. The SMILES string of the molecule is CC1=CC2=CC(C)=C(CCCC3=C4C=C(C)C(C)=CC4C=C3C)C2C=C1C. The number of fused-ring (bicyclic) bond motifs is 2. The van der Waals surface area contributed by atoms with Crippen LogP contribution in [0.3, 0.4) is 0 Å². The van der Waals surface area contributed by atoms with E-state index in [1.54, 1.807) is 16.7 Å². The van der Waals surface area contributed by atoms with Crippen molar-refractivity contribution in [2.24, 2.45) is 11.8 Å². The van der Waals surface area contributed by atoms with Crippen molar-refractivity contribution in [1.82, 2.24) is 0 Å². The fourth-order valence-electron chi connectivity index (χ4n) is 5.06. The molecule has 0 N–H and O–H groups in total. The molecule has 0 saturated carbocycles. The van der Waals surface area contributed by atoms with Gasteiger partial charge in [-0.3, -0.25) is 0 Å². The lowest BCUT2D eigenvalue weighted by atomic mass is 9.83. The van der Waals surface area contributed by atoms with Gasteiger partial charge in [-0.05, 0) is 88.7 Å². The van der Waals surface area contributed by atoms with Crippen LogP contribution in [-0.2, 0) is 0 Å². The van der Waals surface area contributed by atoms with E-state index in [2.05, 4.69) is 78.0 Å². The van der Waals surface area contributed by atoms with Crippen LogP contribution in [0.2, 0.25) is 0 Å². The molecule has 2 unspecified atom stereocenters. The molecule has 0 spiro atoms. The number of allylic oxidation sites excluding steroid dienone is 16. The van der Waals surface area contributed by atoms with Crippen LogP contribution in [0.5, 0.6) is 0 Å². The average Bonchev–Trinajstić information content (AvgIpc) is 3.06. The molecular formula is C27H32. The molecule has 0 aliphatic heterocycles. The average molecular weight is 357 g/mol. The molecule has 4 aliphatic carbocycles. The Morgan fingerprint density at radius 2 is 1.33 bits per heavy atom. The molecule has 0 radical (unpaired) electrons. The first kappa shape index (κ1) is 18.3. The number of rotatable bonds is 4. The van der Waals surface area contributed by atoms with Gasteiger partial charge in [0, 0.05) is 11.8 Å². The van der Waals surface area contributed by atoms with E-state index in [9.17, 15) is 0 Å². The van der Waals surface area contributed by atoms with Crippen LogP contribution in [-0.4, -0.2) is 0 Å². The summed E-state index contributed by atoms with van der Waals surface area (Å²) in [4.78, 5) is 0. The van der Waals surface area contributed by atoms with E-state index < -0.39 is 0 Å². The summed E-state index contributed by atoms with van der Waals surface area (Å²) in [6, 6.07) is 0. The van der Waals surface area contributed by atoms with Crippen LogP contribution in [0.1, 0.15) is 60.8 Å². The van der Waals surface area contributed by atoms with Crippen molar-refractivity contribution >= 4 is 0 Å². The minimum absolute atomic E-state index is 0.515. The van der Waals surface area contributed by atoms with Gasteiger partial charge in [-0.1, -0.05) is 64.3 Å². The fraction of sp³-hybridized carbons (Fsp3) is 0.407. The van der Waals surface area contributed by atoms with Crippen LogP contribution in [0.15, 0.2) is 92.2 Å². The lowest BCUT2D eigenvalue weighted by molar-refractivity contribution is 0.742. The molecule has 0 aromatic carbocycles. The molecule has 0 fully saturated rings. The smallest absolute Gasteiger partial charge is 0.0239 e. The van der Waals surface area contributed by atoms with Gasteiger partial charge in [0.05, 0.1) is 0 Å². The minimum atomic E-state index is 0.515. The van der Waals surface area contributed by atoms with Gasteiger partial charge < -0.3 is 0 Å². The van der Waals surface area contributed by atoms with Crippen molar-refractivity contribution in [1.29, 1.82) is 0 Å². The summed E-state index contributed by atoms with van der Waals surface area (Å²) in [6.45, 7) is 13.6. The van der Waals surface area contributed by atoms with Gasteiger partial charge in [0.15, 0.2) is 0 Å². The minimum Gasteiger partial charge on any atom is -0.0700 e. The predicted octanol–water partition coefficient (Wildman–Crippen LogP) is 7.71. The summed E-state index contributed by atoms with van der Waals surface area (Å²) in [6.07, 6.45) is 18.2. The summed E-state index contributed by atoms with van der Waals surface area (Å²) in [5.74, 6) is 1.04. The zero-order valence-electron chi connectivity index (χ0n) is 17.7. The van der Waals surface area contributed by atoms with Crippen LogP contribution in [0.4, 0.5) is 0 Å². The standard InChI is InChI=1S/C27H32/c1-16-10-22-12-20(5)24(26(22)14-18(16)3)8-7-9-25-21(6)13-23-11-17(2)19(4)15-27(23)25/h10-15,22,27H,7-9H2,1-6H3. The second kappa shape index (κ2) is 6.82. The monoisotopic (exact) mass is 356 g/mol. The summed E-state index contributed by atoms with van der Waals surface area (Å²) in [5, 5.41) is 0. The van der Waals surface area contributed by atoms with Gasteiger partial charge >= 0.3 is 0 Å². The van der Waals surface area contributed by atoms with Gasteiger partial charge in [-0.15, -0.1) is 0 Å². The van der Waals surface area contributed by atoms with Crippen LogP contribution in [0.25, 0.3) is 0 Å². The molecule has 0 amide bonds. The van der Waals surface area contributed by atoms with E-state index in [1.165, 1.54) is 58.3 Å². The normalized spacial score (nSPS) is 26.9. The first-order valence-corrected chi connectivity index (χ1v) is 10.4. The molecule has 0 heterocycles. The van der Waals surface area contributed by atoms with Crippen molar-refractivity contribution < 1.29 is 0 Å². The van der Waals surface area contributed by atoms with Crippen molar-refractivity contribution in [3.8, 4) is 0 Å². The molecule has 27 heavy (non-hydrogen) atoms. The lowest BCUT2D eigenvalue weighted by Crippen LogP contribution is -2.06. The first-order chi connectivity index (χ1) is 12.8. The van der Waals surface area contributed by atoms with Gasteiger partial charge in [-0.25, -0.2) is 0 Å². The third kappa shape index (κ3) is 3.20. The fourth-order valence-corrected chi connectivity index (χ4v) is 5.06. The third-order valence-electron chi connectivity index (χ3n) is 6.96. The van der Waals surface area contributed by atoms with E-state index in [0.29, 0.717) is 11.8 Å². The molecule has 140 valence electrons. The molecule has 2 atom stereocenters. The second-order valence-electron chi connectivity index (χ2n) is 8.85. The van der Waals surface area contributed by atoms with Crippen molar-refractivity contribution in [3.63, 3.8) is 0 Å². The summed E-state index contributed by atoms with van der Waals surface area (Å²) in [5.41, 5.74) is 15.0. The Hall–Kier alpha value is -2.08. The van der Waals surface area contributed by atoms with Crippen LogP contribution < -0.4 is 0 Å². The molecule has 0 nitrogen and oxygen atoms in total. The Morgan fingerprint density at radius 3 is 2.11 bits per heavy atom. The summed E-state index contributed by atoms with van der Waals surface area (Å²) < 4.78 is 0. The highest BCUT2D eigenvalue weighted by molar-refractivity contribution is 5.57. The van der Waals surface area contributed by atoms with Crippen molar-refractivity contribution in [2.45, 2.75) is 60.8 Å². The highest BCUT2D eigenvalue weighted by atomic mass is 14.3. The van der Waals surface area contributed by atoms with E-state index in [0.717, 1.165) is 0 Å². The zero-order valence-corrected chi connectivity index (χ0v) is 17.7. The topological polar surface area (TPSA) is 0 Å². The molecular weight excluding hydrogens is 324 g/mol. The highest BCUT2D eigenvalue weighted by Crippen LogP contribution is 2.43. The summed E-state index contributed by atoms with van der Waals surface area (Å²) in [7, 11) is 0. The van der Waals surface area contributed by atoms with E-state index in [1.807, 2.05) is 0 Å². The highest BCUT2D eigenvalue weighted by Gasteiger charge is 2.27. The molecule has 0 aromatic heterocycles. The first-order valence-electron chi connectivity index (χ1n) is 10.4. The second-order valence-corrected chi connectivity index (χ2v) is 8.85. The van der Waals surface area contributed by atoms with E-state index in [-0.39, 0.29) is 0 Å². The predicted molar refractivity (Wildman–Crippen MR) is 117 cm³/mol. The molecule has 0 bridgehead atoms. The third-order valence-corrected chi connectivity index (χ3v) is 6.96. The quantitative estimate of drug-likeness (QED) is 0.484. The van der Waals surface area contributed by atoms with E-state index >= 15 is 0 Å². The number of hydrogen-bond donors (Lipinski definition) is 0. The molecule has 4 rings (SSSR count). The van der Waals surface area contributed by atoms with Gasteiger partial charge in [0.1, 0.15) is 0 Å². The zero-order chi connectivity index (χ0) is 19.3. The molecule has 0 heteroatoms. The van der Waals surface area contributed by atoms with Crippen molar-refractivity contribution in [3.05, 3.63) is 92.2 Å². The number of hydrogen-bond acceptors (Lipinski definition) is 0. The van der Waals surface area contributed by atoms with Crippen LogP contribution >= 0.6 is 0 Å². The molecule has 4 aliphatic rings. The van der Waals surface area contributed by atoms with Crippen LogP contribution in [0, 0.1) is 11.8 Å². The Kier molecular flexibility index (Phi) is 4.62. The maximum Gasteiger partial charge on any atom is 0.0239 e. The Balaban J connectivity index is 1.47. The Labute approximate surface area is 165 Å². The largest absolute Gasteiger partial charge is 0.0700 e. The van der Waals surface area contributed by atoms with E-state index in [4.69, 9.17) is 0 Å². The summed E-state index contributed by atoms with van der Waals surface area (Å²) >= 11 is 0. The van der Waals surface area contributed by atoms with Gasteiger partial charge in [0.25, 0.3) is 0 Å². The maximum absolute atomic E-state index is 2.48. The van der Waals surface area contributed by atoms with Gasteiger partial charge in [0.2, 0.25) is 0 Å².